The largest absolute Gasteiger partial charge is 0.0877 e. The smallest absolute Gasteiger partial charge is 0.0445 e. The van der Waals surface area contributed by atoms with E-state index in [2.05, 4.69) is 43.9 Å². The van der Waals surface area contributed by atoms with E-state index < -0.39 is 8.07 Å². The predicted octanol–water partition coefficient (Wildman–Crippen LogP) is 3.85. The fourth-order valence-corrected chi connectivity index (χ4v) is 1.83. The van der Waals surface area contributed by atoms with E-state index in [0.29, 0.717) is 0 Å². The summed E-state index contributed by atoms with van der Waals surface area (Å²) in [4.78, 5) is 0. The quantitative estimate of drug-likeness (QED) is 0.442. The van der Waals surface area contributed by atoms with Gasteiger partial charge in [-0.05, 0) is 13.3 Å². The van der Waals surface area contributed by atoms with E-state index >= 15 is 0 Å². The van der Waals surface area contributed by atoms with Crippen LogP contribution in [0, 0.1) is 0 Å². The van der Waals surface area contributed by atoms with E-state index in [9.17, 15) is 0 Å². The van der Waals surface area contributed by atoms with Crippen molar-refractivity contribution in [2.24, 2.45) is 0 Å². The summed E-state index contributed by atoms with van der Waals surface area (Å²) in [5.41, 5.74) is 0. The highest BCUT2D eigenvalue weighted by atomic mass is 28.3. The summed E-state index contributed by atoms with van der Waals surface area (Å²) >= 11 is 0. The second-order valence-corrected chi connectivity index (χ2v) is 9.67. The van der Waals surface area contributed by atoms with Crippen molar-refractivity contribution < 1.29 is 0 Å². The van der Waals surface area contributed by atoms with Gasteiger partial charge in [0, 0.05) is 8.07 Å². The standard InChI is InChI=1S/C10H20Si/c1-5-6-7-8-9-10-11(2,3)4/h5-8H,9-10H2,1-4H3. The van der Waals surface area contributed by atoms with Gasteiger partial charge in [0.2, 0.25) is 0 Å². The third kappa shape index (κ3) is 9.70. The first-order chi connectivity index (χ1) is 5.06. The molecule has 0 saturated heterocycles. The molecule has 0 radical (unpaired) electrons. The molecule has 0 atom stereocenters. The molecule has 0 aliphatic rings. The summed E-state index contributed by atoms with van der Waals surface area (Å²) in [6, 6.07) is 1.40. The van der Waals surface area contributed by atoms with Gasteiger partial charge in [0.1, 0.15) is 0 Å². The van der Waals surface area contributed by atoms with Gasteiger partial charge in [-0.1, -0.05) is 50.0 Å². The second-order valence-electron chi connectivity index (χ2n) is 4.05. The maximum atomic E-state index is 2.41. The van der Waals surface area contributed by atoms with Crippen LogP contribution < -0.4 is 0 Å². The summed E-state index contributed by atoms with van der Waals surface area (Å²) in [5.74, 6) is 0. The maximum Gasteiger partial charge on any atom is 0.0445 e. The number of rotatable bonds is 4. The first-order valence-corrected chi connectivity index (χ1v) is 8.05. The highest BCUT2D eigenvalue weighted by molar-refractivity contribution is 6.76. The van der Waals surface area contributed by atoms with Gasteiger partial charge in [-0.15, -0.1) is 0 Å². The number of allylic oxidation sites excluding steroid dienone is 4. The molecule has 0 N–H and O–H groups in total. The van der Waals surface area contributed by atoms with E-state index in [4.69, 9.17) is 0 Å². The van der Waals surface area contributed by atoms with E-state index in [0.717, 1.165) is 0 Å². The zero-order chi connectivity index (χ0) is 8.74. The molecule has 0 saturated carbocycles. The molecule has 0 bridgehead atoms. The summed E-state index contributed by atoms with van der Waals surface area (Å²) in [6.07, 6.45) is 9.80. The van der Waals surface area contributed by atoms with Gasteiger partial charge in [0.15, 0.2) is 0 Å². The van der Waals surface area contributed by atoms with Gasteiger partial charge in [-0.25, -0.2) is 0 Å². The van der Waals surface area contributed by atoms with Crippen LogP contribution in [0.1, 0.15) is 13.3 Å². The normalized spacial score (nSPS) is 13.5. The van der Waals surface area contributed by atoms with Crippen molar-refractivity contribution in [2.75, 3.05) is 0 Å². The Balaban J connectivity index is 3.42. The fourth-order valence-electron chi connectivity index (χ4n) is 0.802. The molecule has 0 spiro atoms. The van der Waals surface area contributed by atoms with Crippen molar-refractivity contribution >= 4 is 8.07 Å². The first-order valence-electron chi connectivity index (χ1n) is 4.34. The summed E-state index contributed by atoms with van der Waals surface area (Å²) < 4.78 is 0. The average Bonchev–Trinajstić information content (AvgIpc) is 1.85. The molecule has 0 aromatic heterocycles. The van der Waals surface area contributed by atoms with Crippen LogP contribution in [0.2, 0.25) is 25.7 Å². The molecular formula is C10H20Si. The highest BCUT2D eigenvalue weighted by Gasteiger charge is 2.09. The molecule has 11 heavy (non-hydrogen) atoms. The fraction of sp³-hybridized carbons (Fsp3) is 0.600. The molecule has 0 rings (SSSR count). The lowest BCUT2D eigenvalue weighted by molar-refractivity contribution is 1.16. The van der Waals surface area contributed by atoms with Crippen LogP contribution >= 0.6 is 0 Å². The second kappa shape index (κ2) is 5.36. The van der Waals surface area contributed by atoms with Gasteiger partial charge in [0.25, 0.3) is 0 Å². The van der Waals surface area contributed by atoms with Crippen LogP contribution in [0.3, 0.4) is 0 Å². The summed E-state index contributed by atoms with van der Waals surface area (Å²) in [6.45, 7) is 9.28. The minimum absolute atomic E-state index is 0.793. The van der Waals surface area contributed by atoms with Gasteiger partial charge in [-0.3, -0.25) is 0 Å². The molecule has 0 aromatic carbocycles. The van der Waals surface area contributed by atoms with Crippen molar-refractivity contribution in [2.45, 2.75) is 39.0 Å². The Morgan fingerprint density at radius 2 is 1.73 bits per heavy atom. The molecule has 0 unspecified atom stereocenters. The van der Waals surface area contributed by atoms with Crippen LogP contribution in [0.25, 0.3) is 0 Å². The van der Waals surface area contributed by atoms with Crippen molar-refractivity contribution in [3.05, 3.63) is 24.3 Å². The Kier molecular flexibility index (Phi) is 5.21. The monoisotopic (exact) mass is 168 g/mol. The number of hydrogen-bond donors (Lipinski definition) is 0. The molecule has 0 aliphatic heterocycles. The van der Waals surface area contributed by atoms with Crippen LogP contribution in [0.15, 0.2) is 24.3 Å². The van der Waals surface area contributed by atoms with Crippen molar-refractivity contribution in [1.82, 2.24) is 0 Å². The zero-order valence-electron chi connectivity index (χ0n) is 8.22. The Bertz CT molecular complexity index is 137. The van der Waals surface area contributed by atoms with Crippen molar-refractivity contribution in [1.29, 1.82) is 0 Å². The Labute approximate surface area is 72.0 Å². The molecule has 0 nitrogen and oxygen atoms in total. The van der Waals surface area contributed by atoms with Crippen molar-refractivity contribution in [3.63, 3.8) is 0 Å². The lowest BCUT2D eigenvalue weighted by Crippen LogP contribution is -2.18. The van der Waals surface area contributed by atoms with Gasteiger partial charge < -0.3 is 0 Å². The predicted molar refractivity (Wildman–Crippen MR) is 56.7 cm³/mol. The minimum Gasteiger partial charge on any atom is -0.0877 e. The van der Waals surface area contributed by atoms with Gasteiger partial charge in [0.05, 0.1) is 0 Å². The third-order valence-electron chi connectivity index (χ3n) is 1.50. The first kappa shape index (κ1) is 10.7. The van der Waals surface area contributed by atoms with E-state index in [-0.39, 0.29) is 0 Å². The summed E-state index contributed by atoms with van der Waals surface area (Å²) in [5, 5.41) is 0. The molecule has 0 aromatic rings. The Morgan fingerprint density at radius 3 is 2.18 bits per heavy atom. The summed E-state index contributed by atoms with van der Waals surface area (Å²) in [7, 11) is -0.793. The van der Waals surface area contributed by atoms with Crippen LogP contribution in [0.4, 0.5) is 0 Å². The third-order valence-corrected chi connectivity index (χ3v) is 3.29. The Hall–Kier alpha value is -0.303. The van der Waals surface area contributed by atoms with Crippen LogP contribution in [-0.4, -0.2) is 8.07 Å². The highest BCUT2D eigenvalue weighted by Crippen LogP contribution is 2.10. The lowest BCUT2D eigenvalue weighted by atomic mass is 10.4. The Morgan fingerprint density at radius 1 is 1.09 bits per heavy atom. The van der Waals surface area contributed by atoms with Gasteiger partial charge in [-0.2, -0.15) is 0 Å². The average molecular weight is 168 g/mol. The maximum absolute atomic E-state index is 2.41. The topological polar surface area (TPSA) is 0 Å². The van der Waals surface area contributed by atoms with E-state index in [1.54, 1.807) is 0 Å². The zero-order valence-corrected chi connectivity index (χ0v) is 9.22. The molecule has 0 amide bonds. The molecule has 1 heteroatoms. The minimum atomic E-state index is -0.793. The molecule has 0 aliphatic carbocycles. The van der Waals surface area contributed by atoms with E-state index in [1.807, 2.05) is 6.92 Å². The van der Waals surface area contributed by atoms with E-state index in [1.165, 1.54) is 12.5 Å². The molecule has 0 heterocycles. The van der Waals surface area contributed by atoms with Crippen molar-refractivity contribution in [3.8, 4) is 0 Å². The lowest BCUT2D eigenvalue weighted by Gasteiger charge is -2.12. The van der Waals surface area contributed by atoms with Crippen LogP contribution in [0.5, 0.6) is 0 Å². The van der Waals surface area contributed by atoms with Gasteiger partial charge >= 0.3 is 0 Å². The molecule has 0 fully saturated rings. The SMILES string of the molecule is CC=CC=CCC[Si](C)(C)C. The van der Waals surface area contributed by atoms with Crippen LogP contribution in [-0.2, 0) is 0 Å². The molecular weight excluding hydrogens is 148 g/mol. The number of hydrogen-bond acceptors (Lipinski definition) is 0. The molecule has 64 valence electrons.